The highest BCUT2D eigenvalue weighted by atomic mass is 32.1. The summed E-state index contributed by atoms with van der Waals surface area (Å²) in [5.74, 6) is 0.00321. The molecule has 4 rings (SSSR count). The van der Waals surface area contributed by atoms with E-state index in [1.54, 1.807) is 5.51 Å². The maximum atomic E-state index is 12.5. The van der Waals surface area contributed by atoms with Crippen molar-refractivity contribution in [2.24, 2.45) is 0 Å². The van der Waals surface area contributed by atoms with Gasteiger partial charge in [-0.25, -0.2) is 0 Å². The minimum absolute atomic E-state index is 0.00321. The molecule has 0 bridgehead atoms. The van der Waals surface area contributed by atoms with Crippen molar-refractivity contribution in [2.45, 2.75) is 38.3 Å². The first kappa shape index (κ1) is 17.6. The number of hydrogen-bond acceptors (Lipinski definition) is 6. The predicted octanol–water partition coefficient (Wildman–Crippen LogP) is 2.04. The van der Waals surface area contributed by atoms with Crippen LogP contribution in [0, 0.1) is 0 Å². The van der Waals surface area contributed by atoms with Gasteiger partial charge >= 0.3 is 0 Å². The van der Waals surface area contributed by atoms with E-state index in [9.17, 15) is 4.79 Å². The number of amides is 1. The smallest absolute Gasteiger partial charge is 0.243 e. The van der Waals surface area contributed by atoms with Crippen molar-refractivity contribution < 1.29 is 4.79 Å². The molecule has 7 heteroatoms. The molecule has 26 heavy (non-hydrogen) atoms. The van der Waals surface area contributed by atoms with Crippen LogP contribution in [0.2, 0.25) is 0 Å². The number of rotatable bonds is 4. The Labute approximate surface area is 158 Å². The van der Waals surface area contributed by atoms with Crippen LogP contribution < -0.4 is 5.32 Å². The van der Waals surface area contributed by atoms with Crippen LogP contribution in [0.25, 0.3) is 0 Å². The SMILES string of the molecule is CC(C(=O)Nc1nncs1)N1CCCN(C2Cc3ccccc3C2)CC1. The molecule has 1 aromatic heterocycles. The number of nitrogens with zero attached hydrogens (tertiary/aromatic N) is 4. The molecule has 1 N–H and O–H groups in total. The molecule has 1 fully saturated rings. The fourth-order valence-corrected chi connectivity index (χ4v) is 4.55. The van der Waals surface area contributed by atoms with Crippen LogP contribution >= 0.6 is 11.3 Å². The van der Waals surface area contributed by atoms with Crippen LogP contribution in [0.3, 0.4) is 0 Å². The second kappa shape index (κ2) is 7.82. The third-order valence-electron chi connectivity index (χ3n) is 5.63. The molecule has 2 aliphatic rings. The third-order valence-corrected chi connectivity index (χ3v) is 6.23. The summed E-state index contributed by atoms with van der Waals surface area (Å²) >= 11 is 1.35. The number of aromatic nitrogens is 2. The summed E-state index contributed by atoms with van der Waals surface area (Å²) in [6, 6.07) is 9.27. The highest BCUT2D eigenvalue weighted by molar-refractivity contribution is 7.13. The number of nitrogens with one attached hydrogen (secondary N) is 1. The fourth-order valence-electron chi connectivity index (χ4n) is 4.11. The van der Waals surface area contributed by atoms with E-state index in [0.29, 0.717) is 11.2 Å². The first-order valence-electron chi connectivity index (χ1n) is 9.32. The molecule has 1 atom stereocenters. The number of fused-ring (bicyclic) bond motifs is 1. The Morgan fingerprint density at radius 3 is 2.65 bits per heavy atom. The zero-order chi connectivity index (χ0) is 17.9. The van der Waals surface area contributed by atoms with Gasteiger partial charge in [0, 0.05) is 25.7 Å². The van der Waals surface area contributed by atoms with Crippen molar-refractivity contribution in [3.05, 3.63) is 40.9 Å². The van der Waals surface area contributed by atoms with Crippen molar-refractivity contribution >= 4 is 22.4 Å². The normalized spacial score (nSPS) is 20.5. The van der Waals surface area contributed by atoms with Crippen molar-refractivity contribution in [2.75, 3.05) is 31.5 Å². The molecule has 0 spiro atoms. The Kier molecular flexibility index (Phi) is 5.28. The maximum Gasteiger partial charge on any atom is 0.243 e. The third kappa shape index (κ3) is 3.79. The van der Waals surface area contributed by atoms with Crippen molar-refractivity contribution in [1.29, 1.82) is 0 Å². The Morgan fingerprint density at radius 1 is 1.19 bits per heavy atom. The summed E-state index contributed by atoms with van der Waals surface area (Å²) in [4.78, 5) is 17.4. The predicted molar refractivity (Wildman–Crippen MR) is 103 cm³/mol. The summed E-state index contributed by atoms with van der Waals surface area (Å²) in [6.07, 6.45) is 3.41. The monoisotopic (exact) mass is 371 g/mol. The molecular weight excluding hydrogens is 346 g/mol. The standard InChI is InChI=1S/C19H25N5OS/c1-14(18(25)21-19-22-20-13-26-19)23-7-4-8-24(10-9-23)17-11-15-5-2-3-6-16(15)12-17/h2-3,5-6,13-14,17H,4,7-12H2,1H3,(H,21,22,25). The fraction of sp³-hybridized carbons (Fsp3) is 0.526. The number of benzene rings is 1. The highest BCUT2D eigenvalue weighted by Crippen LogP contribution is 2.26. The Morgan fingerprint density at radius 2 is 1.96 bits per heavy atom. The molecule has 1 aliphatic heterocycles. The van der Waals surface area contributed by atoms with E-state index in [4.69, 9.17) is 0 Å². The number of carbonyl (C=O) groups is 1. The van der Waals surface area contributed by atoms with Gasteiger partial charge in [-0.1, -0.05) is 35.6 Å². The Balaban J connectivity index is 1.33. The molecule has 1 aliphatic carbocycles. The molecule has 6 nitrogen and oxygen atoms in total. The van der Waals surface area contributed by atoms with Crippen LogP contribution in [-0.4, -0.2) is 64.2 Å². The molecule has 2 heterocycles. The summed E-state index contributed by atoms with van der Waals surface area (Å²) in [5, 5.41) is 11.1. The largest absolute Gasteiger partial charge is 0.299 e. The summed E-state index contributed by atoms with van der Waals surface area (Å²) < 4.78 is 0. The minimum atomic E-state index is -0.153. The lowest BCUT2D eigenvalue weighted by Gasteiger charge is -2.29. The molecule has 1 unspecified atom stereocenters. The highest BCUT2D eigenvalue weighted by Gasteiger charge is 2.30. The first-order valence-corrected chi connectivity index (χ1v) is 10.2. The minimum Gasteiger partial charge on any atom is -0.299 e. The Hall–Kier alpha value is -1.83. The van der Waals surface area contributed by atoms with E-state index >= 15 is 0 Å². The van der Waals surface area contributed by atoms with Crippen molar-refractivity contribution in [3.63, 3.8) is 0 Å². The topological polar surface area (TPSA) is 61.4 Å². The molecule has 2 aromatic rings. The maximum absolute atomic E-state index is 12.5. The lowest BCUT2D eigenvalue weighted by molar-refractivity contribution is -0.120. The van der Waals surface area contributed by atoms with E-state index in [1.165, 1.54) is 22.5 Å². The summed E-state index contributed by atoms with van der Waals surface area (Å²) in [7, 11) is 0. The number of anilines is 1. The first-order chi connectivity index (χ1) is 12.7. The number of carbonyl (C=O) groups excluding carboxylic acids is 1. The van der Waals surface area contributed by atoms with E-state index in [1.807, 2.05) is 6.92 Å². The van der Waals surface area contributed by atoms with Gasteiger partial charge in [0.15, 0.2) is 0 Å². The second-order valence-electron chi connectivity index (χ2n) is 7.17. The van der Waals surface area contributed by atoms with Gasteiger partial charge in [-0.05, 0) is 43.9 Å². The zero-order valence-electron chi connectivity index (χ0n) is 15.1. The van der Waals surface area contributed by atoms with Crippen molar-refractivity contribution in [1.82, 2.24) is 20.0 Å². The van der Waals surface area contributed by atoms with Gasteiger partial charge in [-0.3, -0.25) is 19.9 Å². The van der Waals surface area contributed by atoms with Crippen molar-refractivity contribution in [3.8, 4) is 0 Å². The molecular formula is C19H25N5OS. The van der Waals surface area contributed by atoms with E-state index in [2.05, 4.69) is 49.6 Å². The molecule has 0 radical (unpaired) electrons. The summed E-state index contributed by atoms with van der Waals surface area (Å²) in [5.41, 5.74) is 4.63. The van der Waals surface area contributed by atoms with Gasteiger partial charge in [-0.2, -0.15) is 0 Å². The lowest BCUT2D eigenvalue weighted by atomic mass is 10.1. The van der Waals surface area contributed by atoms with Crippen LogP contribution in [-0.2, 0) is 17.6 Å². The van der Waals surface area contributed by atoms with Gasteiger partial charge in [0.25, 0.3) is 0 Å². The van der Waals surface area contributed by atoms with Crippen LogP contribution in [0.15, 0.2) is 29.8 Å². The van der Waals surface area contributed by atoms with Gasteiger partial charge in [0.2, 0.25) is 11.0 Å². The van der Waals surface area contributed by atoms with Crippen LogP contribution in [0.1, 0.15) is 24.5 Å². The van der Waals surface area contributed by atoms with E-state index < -0.39 is 0 Å². The lowest BCUT2D eigenvalue weighted by Crippen LogP contribution is -2.44. The zero-order valence-corrected chi connectivity index (χ0v) is 15.9. The second-order valence-corrected chi connectivity index (χ2v) is 8.00. The molecule has 1 saturated heterocycles. The van der Waals surface area contributed by atoms with Gasteiger partial charge in [0.1, 0.15) is 5.51 Å². The molecule has 138 valence electrons. The van der Waals surface area contributed by atoms with E-state index in [-0.39, 0.29) is 11.9 Å². The van der Waals surface area contributed by atoms with Gasteiger partial charge in [0.05, 0.1) is 6.04 Å². The van der Waals surface area contributed by atoms with E-state index in [0.717, 1.165) is 45.4 Å². The average molecular weight is 372 g/mol. The molecule has 1 amide bonds. The van der Waals surface area contributed by atoms with Gasteiger partial charge < -0.3 is 0 Å². The number of hydrogen-bond donors (Lipinski definition) is 1. The summed E-state index contributed by atoms with van der Waals surface area (Å²) in [6.45, 7) is 6.00. The van der Waals surface area contributed by atoms with Crippen LogP contribution in [0.4, 0.5) is 5.13 Å². The Bertz CT molecular complexity index is 725. The molecule has 1 aromatic carbocycles. The average Bonchev–Trinajstić information content (AvgIpc) is 3.25. The molecule has 0 saturated carbocycles. The quantitative estimate of drug-likeness (QED) is 0.891. The van der Waals surface area contributed by atoms with Crippen LogP contribution in [0.5, 0.6) is 0 Å². The van der Waals surface area contributed by atoms with Gasteiger partial charge in [-0.15, -0.1) is 10.2 Å².